The second-order valence-electron chi connectivity index (χ2n) is 7.24. The summed E-state index contributed by atoms with van der Waals surface area (Å²) in [6.07, 6.45) is 3.62. The van der Waals surface area contributed by atoms with Crippen LogP contribution in [0.1, 0.15) is 57.3 Å². The molecule has 0 saturated carbocycles. The fourth-order valence-corrected chi connectivity index (χ4v) is 3.24. The molecular weight excluding hydrogens is 262 g/mol. The number of aromatic hydroxyl groups is 1. The molecule has 1 unspecified atom stereocenters. The van der Waals surface area contributed by atoms with Crippen LogP contribution in [0.5, 0.6) is 5.75 Å². The van der Waals surface area contributed by atoms with Crippen molar-refractivity contribution in [3.63, 3.8) is 0 Å². The van der Waals surface area contributed by atoms with Gasteiger partial charge in [0.2, 0.25) is 0 Å². The van der Waals surface area contributed by atoms with E-state index in [1.807, 2.05) is 6.07 Å². The maximum atomic E-state index is 11.4. The zero-order chi connectivity index (χ0) is 15.6. The second-order valence-corrected chi connectivity index (χ2v) is 7.24. The number of Topliss-reactive ketones (excluding diaryl/α,β-unsaturated/α-hetero) is 1. The number of hydrogen-bond acceptors (Lipinski definition) is 3. The maximum Gasteiger partial charge on any atom is 0.163 e. The highest BCUT2D eigenvalue weighted by Gasteiger charge is 2.27. The molecule has 21 heavy (non-hydrogen) atoms. The summed E-state index contributed by atoms with van der Waals surface area (Å²) in [6, 6.07) is 5.42. The predicted molar refractivity (Wildman–Crippen MR) is 87.1 cm³/mol. The van der Waals surface area contributed by atoms with Crippen molar-refractivity contribution < 1.29 is 9.90 Å². The van der Waals surface area contributed by atoms with Gasteiger partial charge in [-0.05, 0) is 49.7 Å². The number of phenols is 1. The van der Waals surface area contributed by atoms with E-state index in [9.17, 15) is 9.90 Å². The Morgan fingerprint density at radius 1 is 1.24 bits per heavy atom. The van der Waals surface area contributed by atoms with Crippen molar-refractivity contribution in [2.45, 2.75) is 47.0 Å². The van der Waals surface area contributed by atoms with E-state index in [1.54, 1.807) is 12.1 Å². The zero-order valence-electron chi connectivity index (χ0n) is 13.6. The van der Waals surface area contributed by atoms with Gasteiger partial charge in [0.05, 0.1) is 5.56 Å². The van der Waals surface area contributed by atoms with E-state index in [-0.39, 0.29) is 11.5 Å². The van der Waals surface area contributed by atoms with Crippen LogP contribution in [0.2, 0.25) is 0 Å². The molecule has 0 amide bonds. The van der Waals surface area contributed by atoms with Gasteiger partial charge in [0.25, 0.3) is 0 Å². The molecule has 1 fully saturated rings. The zero-order valence-corrected chi connectivity index (χ0v) is 13.6. The van der Waals surface area contributed by atoms with E-state index in [4.69, 9.17) is 0 Å². The molecule has 0 radical (unpaired) electrons. The predicted octanol–water partition coefficient (Wildman–Crippen LogP) is 4.25. The number of anilines is 1. The molecule has 1 heterocycles. The van der Waals surface area contributed by atoms with Gasteiger partial charge >= 0.3 is 0 Å². The van der Waals surface area contributed by atoms with Crippen molar-refractivity contribution in [3.05, 3.63) is 23.8 Å². The van der Waals surface area contributed by atoms with Crippen LogP contribution in [0.4, 0.5) is 5.69 Å². The largest absolute Gasteiger partial charge is 0.507 e. The third kappa shape index (κ3) is 3.78. The van der Waals surface area contributed by atoms with Gasteiger partial charge in [-0.3, -0.25) is 4.79 Å². The van der Waals surface area contributed by atoms with Gasteiger partial charge in [-0.1, -0.05) is 20.8 Å². The quantitative estimate of drug-likeness (QED) is 0.828. The van der Waals surface area contributed by atoms with E-state index < -0.39 is 0 Å². The van der Waals surface area contributed by atoms with Gasteiger partial charge in [-0.2, -0.15) is 0 Å². The first kappa shape index (κ1) is 15.9. The first-order chi connectivity index (χ1) is 9.79. The number of nitrogens with zero attached hydrogens (tertiary/aromatic N) is 1. The summed E-state index contributed by atoms with van der Waals surface area (Å²) in [7, 11) is 0. The highest BCUT2D eigenvalue weighted by atomic mass is 16.3. The van der Waals surface area contributed by atoms with Crippen LogP contribution >= 0.6 is 0 Å². The Labute approximate surface area is 128 Å². The molecular formula is C18H27NO2. The molecule has 1 aromatic carbocycles. The molecule has 0 aliphatic carbocycles. The number of carbonyl (C=O) groups excluding carboxylic acids is 1. The summed E-state index contributed by atoms with van der Waals surface area (Å²) in [5.74, 6) is 0.743. The number of hydrogen-bond donors (Lipinski definition) is 1. The fourth-order valence-electron chi connectivity index (χ4n) is 3.24. The van der Waals surface area contributed by atoms with Crippen LogP contribution in [0.25, 0.3) is 0 Å². The molecule has 1 atom stereocenters. The van der Waals surface area contributed by atoms with Crippen molar-refractivity contribution in [1.29, 1.82) is 0 Å². The van der Waals surface area contributed by atoms with Crippen LogP contribution in [-0.4, -0.2) is 24.0 Å². The number of rotatable bonds is 2. The van der Waals surface area contributed by atoms with Crippen molar-refractivity contribution in [2.75, 3.05) is 18.0 Å². The van der Waals surface area contributed by atoms with E-state index >= 15 is 0 Å². The van der Waals surface area contributed by atoms with Gasteiger partial charge in [0.1, 0.15) is 5.75 Å². The van der Waals surface area contributed by atoms with Gasteiger partial charge in [0.15, 0.2) is 5.78 Å². The molecule has 1 aliphatic heterocycles. The number of phenolic OH excluding ortho intramolecular Hbond substituents is 1. The van der Waals surface area contributed by atoms with Gasteiger partial charge in [-0.25, -0.2) is 0 Å². The molecule has 3 heteroatoms. The average Bonchev–Trinajstić information content (AvgIpc) is 2.63. The molecule has 1 aliphatic rings. The average molecular weight is 289 g/mol. The topological polar surface area (TPSA) is 40.5 Å². The molecule has 0 bridgehead atoms. The summed E-state index contributed by atoms with van der Waals surface area (Å²) in [4.78, 5) is 13.7. The fraction of sp³-hybridized carbons (Fsp3) is 0.611. The van der Waals surface area contributed by atoms with Gasteiger partial charge in [0, 0.05) is 24.8 Å². The smallest absolute Gasteiger partial charge is 0.163 e. The number of ketones is 1. The van der Waals surface area contributed by atoms with E-state index in [0.717, 1.165) is 24.7 Å². The summed E-state index contributed by atoms with van der Waals surface area (Å²) >= 11 is 0. The lowest BCUT2D eigenvalue weighted by atomic mass is 9.77. The van der Waals surface area contributed by atoms with E-state index in [2.05, 4.69) is 25.7 Å². The van der Waals surface area contributed by atoms with E-state index in [0.29, 0.717) is 11.0 Å². The number of carbonyl (C=O) groups is 1. The van der Waals surface area contributed by atoms with Gasteiger partial charge < -0.3 is 10.0 Å². The summed E-state index contributed by atoms with van der Waals surface area (Å²) in [5, 5.41) is 10.00. The number of benzene rings is 1. The molecule has 1 aromatic rings. The first-order valence-electron chi connectivity index (χ1n) is 7.88. The molecule has 116 valence electrons. The minimum absolute atomic E-state index is 0.0941. The van der Waals surface area contributed by atoms with Crippen LogP contribution in [0.15, 0.2) is 18.2 Å². The van der Waals surface area contributed by atoms with Crippen molar-refractivity contribution in [2.24, 2.45) is 11.3 Å². The standard InChI is InChI=1S/C18H27NO2/c1-13(20)16-8-7-15(12-17(16)21)19-10-5-6-14(9-11-19)18(2,3)4/h7-8,12,14,21H,5-6,9-11H2,1-4H3. The maximum absolute atomic E-state index is 11.4. The Morgan fingerprint density at radius 2 is 1.95 bits per heavy atom. The van der Waals surface area contributed by atoms with Crippen molar-refractivity contribution >= 4 is 11.5 Å². The summed E-state index contributed by atoms with van der Waals surface area (Å²) < 4.78 is 0. The van der Waals surface area contributed by atoms with Crippen LogP contribution in [0.3, 0.4) is 0 Å². The van der Waals surface area contributed by atoms with Crippen molar-refractivity contribution in [3.8, 4) is 5.75 Å². The molecule has 2 rings (SSSR count). The second kappa shape index (κ2) is 6.08. The molecule has 0 aromatic heterocycles. The minimum Gasteiger partial charge on any atom is -0.507 e. The first-order valence-corrected chi connectivity index (χ1v) is 7.88. The minimum atomic E-state index is -0.0947. The summed E-state index contributed by atoms with van der Waals surface area (Å²) in [6.45, 7) is 10.5. The molecule has 1 saturated heterocycles. The van der Waals surface area contributed by atoms with Gasteiger partial charge in [-0.15, -0.1) is 0 Å². The van der Waals surface area contributed by atoms with E-state index in [1.165, 1.54) is 26.2 Å². The Bertz CT molecular complexity index is 516. The van der Waals surface area contributed by atoms with Crippen LogP contribution in [0, 0.1) is 11.3 Å². The molecule has 0 spiro atoms. The Kier molecular flexibility index (Phi) is 4.60. The highest BCUT2D eigenvalue weighted by molar-refractivity contribution is 5.97. The third-order valence-corrected chi connectivity index (χ3v) is 4.68. The lowest BCUT2D eigenvalue weighted by molar-refractivity contribution is 0.101. The normalized spacial score (nSPS) is 20.2. The highest BCUT2D eigenvalue weighted by Crippen LogP contribution is 2.35. The Balaban J connectivity index is 2.13. The lowest BCUT2D eigenvalue weighted by Gasteiger charge is -2.30. The third-order valence-electron chi connectivity index (χ3n) is 4.68. The van der Waals surface area contributed by atoms with Crippen LogP contribution in [-0.2, 0) is 0 Å². The monoisotopic (exact) mass is 289 g/mol. The SMILES string of the molecule is CC(=O)c1ccc(N2CCCC(C(C)(C)C)CC2)cc1O. The molecule has 3 nitrogen and oxygen atoms in total. The van der Waals surface area contributed by atoms with Crippen LogP contribution < -0.4 is 4.90 Å². The Morgan fingerprint density at radius 3 is 2.52 bits per heavy atom. The summed E-state index contributed by atoms with van der Waals surface area (Å²) in [5.41, 5.74) is 1.78. The molecule has 1 N–H and O–H groups in total. The van der Waals surface area contributed by atoms with Crippen molar-refractivity contribution in [1.82, 2.24) is 0 Å². The lowest BCUT2D eigenvalue weighted by Crippen LogP contribution is -2.26. The Hall–Kier alpha value is -1.51.